The van der Waals surface area contributed by atoms with E-state index in [1.54, 1.807) is 28.4 Å². The van der Waals surface area contributed by atoms with E-state index < -0.39 is 0 Å². The number of aryl methyl sites for hydroxylation is 1. The van der Waals surface area contributed by atoms with Gasteiger partial charge in [0.25, 0.3) is 5.91 Å². The molecule has 0 saturated carbocycles. The number of nitrogens with zero attached hydrogens (tertiary/aromatic N) is 2. The Bertz CT molecular complexity index is 935. The number of thiophene rings is 1. The van der Waals surface area contributed by atoms with Crippen LogP contribution in [-0.2, 0) is 17.9 Å². The van der Waals surface area contributed by atoms with Crippen molar-refractivity contribution in [3.8, 4) is 0 Å². The van der Waals surface area contributed by atoms with Gasteiger partial charge in [-0.15, -0.1) is 11.3 Å². The van der Waals surface area contributed by atoms with Gasteiger partial charge in [0.05, 0.1) is 12.8 Å². The summed E-state index contributed by atoms with van der Waals surface area (Å²) in [5.41, 5.74) is 1.07. The van der Waals surface area contributed by atoms with Crippen molar-refractivity contribution in [3.05, 3.63) is 81.9 Å². The number of hydrogen-bond acceptors (Lipinski definition) is 4. The average molecular weight is 425 g/mol. The van der Waals surface area contributed by atoms with Crippen molar-refractivity contribution in [3.63, 3.8) is 0 Å². The van der Waals surface area contributed by atoms with Gasteiger partial charge in [0.15, 0.2) is 5.76 Å². The van der Waals surface area contributed by atoms with Crippen molar-refractivity contribution in [2.45, 2.75) is 39.8 Å². The highest BCUT2D eigenvalue weighted by atomic mass is 32.1. The molecule has 0 atom stereocenters. The third-order valence-corrected chi connectivity index (χ3v) is 5.82. The summed E-state index contributed by atoms with van der Waals surface area (Å²) >= 11 is 1.69. The molecule has 0 aliphatic rings. The smallest absolute Gasteiger partial charge is 0.290 e. The molecular weight excluding hydrogens is 396 g/mol. The van der Waals surface area contributed by atoms with Gasteiger partial charge >= 0.3 is 0 Å². The Morgan fingerprint density at radius 3 is 2.40 bits per heavy atom. The molecule has 5 nitrogen and oxygen atoms in total. The Kier molecular flexibility index (Phi) is 7.85. The third-order valence-electron chi connectivity index (χ3n) is 4.84. The molecule has 0 aliphatic heterocycles. The number of amides is 2. The fourth-order valence-corrected chi connectivity index (χ4v) is 4.12. The maximum Gasteiger partial charge on any atom is 0.290 e. The van der Waals surface area contributed by atoms with Crippen LogP contribution in [0.4, 0.5) is 0 Å². The van der Waals surface area contributed by atoms with Gasteiger partial charge < -0.3 is 14.2 Å². The van der Waals surface area contributed by atoms with Crippen molar-refractivity contribution in [1.29, 1.82) is 0 Å². The minimum Gasteiger partial charge on any atom is -0.459 e. The van der Waals surface area contributed by atoms with Gasteiger partial charge in [-0.25, -0.2) is 0 Å². The molecule has 3 aromatic rings. The Morgan fingerprint density at radius 1 is 0.967 bits per heavy atom. The molecule has 3 rings (SSSR count). The fourth-order valence-electron chi connectivity index (χ4n) is 3.22. The zero-order chi connectivity index (χ0) is 21.3. The number of unbranched alkanes of at least 4 members (excludes halogenated alkanes) is 1. The number of carbonyl (C=O) groups is 2. The molecule has 6 heteroatoms. The van der Waals surface area contributed by atoms with E-state index in [1.807, 2.05) is 35.2 Å². The zero-order valence-corrected chi connectivity index (χ0v) is 18.4. The topological polar surface area (TPSA) is 53.8 Å². The quantitative estimate of drug-likeness (QED) is 0.454. The Morgan fingerprint density at radius 2 is 1.77 bits per heavy atom. The SMILES string of the molecule is CCCCN(CC(=O)N(Cc1ccccc1)Cc1ccc(C)s1)C(=O)c1ccco1. The molecule has 0 bridgehead atoms. The van der Waals surface area contributed by atoms with Gasteiger partial charge in [0.2, 0.25) is 5.91 Å². The lowest BCUT2D eigenvalue weighted by molar-refractivity contribution is -0.133. The summed E-state index contributed by atoms with van der Waals surface area (Å²) in [7, 11) is 0. The molecule has 158 valence electrons. The maximum atomic E-state index is 13.3. The van der Waals surface area contributed by atoms with Gasteiger partial charge in [-0.2, -0.15) is 0 Å². The summed E-state index contributed by atoms with van der Waals surface area (Å²) in [6.07, 6.45) is 3.26. The van der Waals surface area contributed by atoms with Crippen LogP contribution in [-0.4, -0.2) is 34.7 Å². The largest absolute Gasteiger partial charge is 0.459 e. The van der Waals surface area contributed by atoms with Gasteiger partial charge in [0, 0.05) is 22.8 Å². The van der Waals surface area contributed by atoms with Gasteiger partial charge in [0.1, 0.15) is 6.54 Å². The highest BCUT2D eigenvalue weighted by Crippen LogP contribution is 2.19. The van der Waals surface area contributed by atoms with E-state index in [1.165, 1.54) is 11.1 Å². The lowest BCUT2D eigenvalue weighted by Crippen LogP contribution is -2.42. The summed E-state index contributed by atoms with van der Waals surface area (Å²) in [5, 5.41) is 0. The van der Waals surface area contributed by atoms with E-state index in [-0.39, 0.29) is 24.1 Å². The van der Waals surface area contributed by atoms with Crippen LogP contribution in [0.3, 0.4) is 0 Å². The fraction of sp³-hybridized carbons (Fsp3) is 0.333. The first kappa shape index (κ1) is 21.8. The summed E-state index contributed by atoms with van der Waals surface area (Å²) in [6, 6.07) is 17.4. The van der Waals surface area contributed by atoms with Gasteiger partial charge in [-0.1, -0.05) is 43.7 Å². The van der Waals surface area contributed by atoms with Gasteiger partial charge in [-0.3, -0.25) is 9.59 Å². The van der Waals surface area contributed by atoms with Crippen LogP contribution < -0.4 is 0 Å². The Balaban J connectivity index is 1.77. The number of benzene rings is 1. The van der Waals surface area contributed by atoms with Crippen molar-refractivity contribution in [2.24, 2.45) is 0 Å². The first-order valence-corrected chi connectivity index (χ1v) is 11.1. The highest BCUT2D eigenvalue weighted by molar-refractivity contribution is 7.11. The first-order valence-electron chi connectivity index (χ1n) is 10.3. The molecule has 0 saturated heterocycles. The summed E-state index contributed by atoms with van der Waals surface area (Å²) in [5.74, 6) is -0.0447. The number of carbonyl (C=O) groups excluding carboxylic acids is 2. The van der Waals surface area contributed by atoms with Crippen LogP contribution in [0, 0.1) is 6.92 Å². The third kappa shape index (κ3) is 6.07. The normalized spacial score (nSPS) is 10.7. The van der Waals surface area contributed by atoms with E-state index >= 15 is 0 Å². The van der Waals surface area contributed by atoms with E-state index in [9.17, 15) is 9.59 Å². The Hall–Kier alpha value is -2.86. The second-order valence-corrected chi connectivity index (χ2v) is 8.68. The van der Waals surface area contributed by atoms with E-state index in [0.717, 1.165) is 23.3 Å². The van der Waals surface area contributed by atoms with E-state index in [4.69, 9.17) is 4.42 Å². The summed E-state index contributed by atoms with van der Waals surface area (Å²) in [6.45, 7) is 5.73. The average Bonchev–Trinajstić information content (AvgIpc) is 3.43. The second kappa shape index (κ2) is 10.8. The predicted molar refractivity (Wildman–Crippen MR) is 119 cm³/mol. The molecule has 2 amide bonds. The van der Waals surface area contributed by atoms with E-state index in [0.29, 0.717) is 19.6 Å². The lowest BCUT2D eigenvalue weighted by Gasteiger charge is -2.27. The molecule has 2 heterocycles. The van der Waals surface area contributed by atoms with Crippen molar-refractivity contribution in [2.75, 3.05) is 13.1 Å². The molecule has 0 fully saturated rings. The minimum absolute atomic E-state index is 0.0384. The van der Waals surface area contributed by atoms with Crippen molar-refractivity contribution in [1.82, 2.24) is 9.80 Å². The number of furan rings is 1. The lowest BCUT2D eigenvalue weighted by atomic mass is 10.2. The molecule has 1 aromatic carbocycles. The first-order chi connectivity index (χ1) is 14.6. The van der Waals surface area contributed by atoms with Crippen LogP contribution in [0.15, 0.2) is 65.3 Å². The molecular formula is C24H28N2O3S. The Labute approximate surface area is 181 Å². The monoisotopic (exact) mass is 424 g/mol. The zero-order valence-electron chi connectivity index (χ0n) is 17.5. The molecule has 0 spiro atoms. The molecule has 0 radical (unpaired) electrons. The molecule has 0 aliphatic carbocycles. The summed E-state index contributed by atoms with van der Waals surface area (Å²) in [4.78, 5) is 31.9. The van der Waals surface area contributed by atoms with Crippen LogP contribution in [0.2, 0.25) is 0 Å². The van der Waals surface area contributed by atoms with E-state index in [2.05, 4.69) is 26.0 Å². The van der Waals surface area contributed by atoms with Crippen LogP contribution in [0.25, 0.3) is 0 Å². The van der Waals surface area contributed by atoms with Crippen LogP contribution in [0.5, 0.6) is 0 Å². The van der Waals surface area contributed by atoms with Crippen LogP contribution in [0.1, 0.15) is 45.6 Å². The predicted octanol–water partition coefficient (Wildman–Crippen LogP) is 5.12. The molecule has 30 heavy (non-hydrogen) atoms. The van der Waals surface area contributed by atoms with Gasteiger partial charge in [-0.05, 0) is 43.2 Å². The highest BCUT2D eigenvalue weighted by Gasteiger charge is 2.24. The number of hydrogen-bond donors (Lipinski definition) is 0. The molecule has 0 N–H and O–H groups in total. The van der Waals surface area contributed by atoms with Crippen LogP contribution >= 0.6 is 11.3 Å². The van der Waals surface area contributed by atoms with Crippen molar-refractivity contribution >= 4 is 23.2 Å². The number of rotatable bonds is 10. The minimum atomic E-state index is -0.242. The standard InChI is InChI=1S/C24H28N2O3S/c1-3-4-14-25(24(28)22-11-8-15-29-22)18-23(27)26(16-20-9-6-5-7-10-20)17-21-13-12-19(2)30-21/h5-13,15H,3-4,14,16-18H2,1-2H3. The second-order valence-electron chi connectivity index (χ2n) is 7.31. The van der Waals surface area contributed by atoms with Crippen molar-refractivity contribution < 1.29 is 14.0 Å². The maximum absolute atomic E-state index is 13.3. The molecule has 0 unspecified atom stereocenters. The summed E-state index contributed by atoms with van der Waals surface area (Å²) < 4.78 is 5.28. The molecule has 2 aromatic heterocycles.